The van der Waals surface area contributed by atoms with E-state index in [0.717, 1.165) is 0 Å². The van der Waals surface area contributed by atoms with Crippen molar-refractivity contribution in [3.63, 3.8) is 0 Å². The van der Waals surface area contributed by atoms with Gasteiger partial charge in [-0.2, -0.15) is 0 Å². The van der Waals surface area contributed by atoms with E-state index in [0.29, 0.717) is 35.5 Å². The summed E-state index contributed by atoms with van der Waals surface area (Å²) < 4.78 is 17.8. The molecule has 0 nitrogen and oxygen atoms in total. The van der Waals surface area contributed by atoms with E-state index >= 15 is 0 Å². The van der Waals surface area contributed by atoms with Gasteiger partial charge in [-0.05, 0) is 47.3 Å². The van der Waals surface area contributed by atoms with Crippen molar-refractivity contribution in [3.8, 4) is 0 Å². The lowest BCUT2D eigenvalue weighted by molar-refractivity contribution is -0.121. The molecule has 0 spiro atoms. The minimum Gasteiger partial charge on any atom is -0.0620 e. The first-order valence-corrected chi connectivity index (χ1v) is 6.20. The molecule has 2 bridgehead atoms. The van der Waals surface area contributed by atoms with Gasteiger partial charge in [0.25, 0.3) is 0 Å². The summed E-state index contributed by atoms with van der Waals surface area (Å²) in [5.74, 6) is 1.46. The van der Waals surface area contributed by atoms with E-state index in [-0.39, 0.29) is 11.8 Å². The molecule has 0 aliphatic heterocycles. The molecule has 3 aliphatic rings. The van der Waals surface area contributed by atoms with Crippen LogP contribution in [0.15, 0.2) is 0 Å². The average molecular weight is 198 g/mol. The molecule has 3 aliphatic carbocycles. The molecule has 14 heavy (non-hydrogen) atoms. The van der Waals surface area contributed by atoms with Crippen LogP contribution in [0.3, 0.4) is 0 Å². The van der Waals surface area contributed by atoms with Gasteiger partial charge >= 0.3 is 0 Å². The van der Waals surface area contributed by atoms with Crippen LogP contribution in [0.1, 0.15) is 44.3 Å². The third kappa shape index (κ3) is 1.12. The quantitative estimate of drug-likeness (QED) is 0.550. The normalized spacial score (nSPS) is 75.6. The number of fused-ring (bicyclic) bond motifs is 3. The fourth-order valence-electron chi connectivity index (χ4n) is 4.22. The Bertz CT molecular complexity index is 226. The van der Waals surface area contributed by atoms with Crippen LogP contribution in [0.5, 0.6) is 0 Å². The van der Waals surface area contributed by atoms with Gasteiger partial charge in [0.15, 0.2) is 0 Å². The maximum Gasteiger partial charge on any atom is 0.0311 e. The zero-order valence-electron chi connectivity index (χ0n) is 12.5. The zero-order chi connectivity index (χ0) is 12.5. The van der Waals surface area contributed by atoms with Crippen LogP contribution in [0, 0.1) is 47.3 Å². The molecular weight excluding hydrogens is 168 g/mol. The van der Waals surface area contributed by atoms with Crippen molar-refractivity contribution >= 4 is 0 Å². The lowest BCUT2D eigenvalue weighted by atomic mass is 9.45. The van der Waals surface area contributed by atoms with E-state index < -0.39 is 0 Å². The summed E-state index contributed by atoms with van der Waals surface area (Å²) in [7, 11) is 0. The Morgan fingerprint density at radius 1 is 0.500 bits per heavy atom. The van der Waals surface area contributed by atoms with E-state index in [9.17, 15) is 0 Å². The third-order valence-electron chi connectivity index (χ3n) is 5.40. The van der Waals surface area contributed by atoms with Crippen LogP contribution < -0.4 is 0 Å². The summed E-state index contributed by atoms with van der Waals surface area (Å²) in [4.78, 5) is 0. The number of rotatable bonds is 0. The van der Waals surface area contributed by atoms with Gasteiger partial charge < -0.3 is 0 Å². The minimum absolute atomic E-state index is 0.318. The van der Waals surface area contributed by atoms with Crippen molar-refractivity contribution < 1.29 is 2.74 Å². The van der Waals surface area contributed by atoms with E-state index in [1.165, 1.54) is 0 Å². The maximum absolute atomic E-state index is 8.92. The van der Waals surface area contributed by atoms with Crippen molar-refractivity contribution in [3.05, 3.63) is 0 Å². The molecule has 0 saturated heterocycles. The fourth-order valence-corrected chi connectivity index (χ4v) is 4.22. The number of hydrogen-bond acceptors (Lipinski definition) is 0. The second-order valence-corrected chi connectivity index (χ2v) is 5.73. The Hall–Kier alpha value is 0. The molecule has 3 rings (SSSR count). The van der Waals surface area contributed by atoms with Crippen molar-refractivity contribution in [2.75, 3.05) is 0 Å². The van der Waals surface area contributed by atoms with Crippen LogP contribution in [0.2, 0.25) is 0 Å². The molecule has 0 aromatic heterocycles. The Morgan fingerprint density at radius 3 is 0.786 bits per heavy atom. The van der Waals surface area contributed by atoms with Crippen LogP contribution in [0.25, 0.3) is 0 Å². The average Bonchev–Trinajstić information content (AvgIpc) is 2.27. The molecule has 0 radical (unpaired) electrons. The first-order chi connectivity index (χ1) is 7.20. The molecule has 3 fully saturated rings. The Labute approximate surface area is 92.3 Å². The van der Waals surface area contributed by atoms with Gasteiger partial charge in [0.05, 0.1) is 0 Å². The Balaban J connectivity index is 2.57. The summed E-state index contributed by atoms with van der Waals surface area (Å²) in [5.41, 5.74) is 0. The topological polar surface area (TPSA) is 0 Å². The van der Waals surface area contributed by atoms with Crippen LogP contribution in [-0.2, 0) is 0 Å². The standard InChI is InChI=1S/C14H26/c1-7-8(2)14-11(5)9(3)13(7)10(4)12(14)6/h7-14H,1-6H3/t7-,8+,9-,10+,11+,12-,13?,14?/i13T,14T. The molecule has 3 saturated carbocycles. The highest BCUT2D eigenvalue weighted by atomic mass is 14.6. The minimum atomic E-state index is -0.318. The van der Waals surface area contributed by atoms with Crippen LogP contribution >= 0.6 is 0 Å². The fraction of sp³-hybridized carbons (Fsp3) is 1.00. The summed E-state index contributed by atoms with van der Waals surface area (Å²) >= 11 is 0. The molecule has 0 amide bonds. The van der Waals surface area contributed by atoms with Gasteiger partial charge in [0.1, 0.15) is 0 Å². The van der Waals surface area contributed by atoms with Gasteiger partial charge in [-0.25, -0.2) is 0 Å². The highest BCUT2D eigenvalue weighted by Gasteiger charge is 2.53. The van der Waals surface area contributed by atoms with E-state index in [2.05, 4.69) is 41.5 Å². The summed E-state index contributed by atoms with van der Waals surface area (Å²) in [6, 6.07) is 0. The van der Waals surface area contributed by atoms with E-state index in [1.807, 2.05) is 0 Å². The van der Waals surface area contributed by atoms with Gasteiger partial charge in [0, 0.05) is 2.74 Å². The Morgan fingerprint density at radius 2 is 0.643 bits per heavy atom. The lowest BCUT2D eigenvalue weighted by Gasteiger charge is -2.60. The first-order valence-electron chi connectivity index (χ1n) is 7.20. The molecule has 82 valence electrons. The van der Waals surface area contributed by atoms with Gasteiger partial charge in [-0.3, -0.25) is 0 Å². The molecule has 0 heterocycles. The molecule has 0 heteroatoms. The third-order valence-corrected chi connectivity index (χ3v) is 5.40. The smallest absolute Gasteiger partial charge is 0.0311 e. The van der Waals surface area contributed by atoms with E-state index in [4.69, 9.17) is 2.74 Å². The summed E-state index contributed by atoms with van der Waals surface area (Å²) in [6.45, 7) is 13.2. The van der Waals surface area contributed by atoms with Crippen molar-refractivity contribution in [1.82, 2.24) is 0 Å². The van der Waals surface area contributed by atoms with Crippen molar-refractivity contribution in [2.45, 2.75) is 41.5 Å². The molecule has 6 atom stereocenters. The molecular formula is C14H26. The van der Waals surface area contributed by atoms with E-state index in [1.54, 1.807) is 0 Å². The SMILES string of the molecule is [3H]C12[C@H](C)[C@H](C)C([3H])([C@H](C)[C@@H]1C)[C@@H](C)[C@H]2C. The second kappa shape index (κ2) is 3.25. The highest BCUT2D eigenvalue weighted by molar-refractivity contribution is 5.01. The van der Waals surface area contributed by atoms with Crippen LogP contribution in [-0.4, -0.2) is 0 Å². The molecule has 0 unspecified atom stereocenters. The second-order valence-electron chi connectivity index (χ2n) is 5.73. The summed E-state index contributed by atoms with van der Waals surface area (Å²) in [5, 5.41) is 0. The first kappa shape index (κ1) is 8.19. The predicted molar refractivity (Wildman–Crippen MR) is 62.0 cm³/mol. The lowest BCUT2D eigenvalue weighted by Crippen LogP contribution is -2.55. The largest absolute Gasteiger partial charge is 0.0620 e. The van der Waals surface area contributed by atoms with Gasteiger partial charge in [-0.1, -0.05) is 41.5 Å². The van der Waals surface area contributed by atoms with Crippen molar-refractivity contribution in [1.29, 1.82) is 0 Å². The molecule has 0 aromatic rings. The van der Waals surface area contributed by atoms with Crippen LogP contribution in [0.4, 0.5) is 0 Å². The van der Waals surface area contributed by atoms with Crippen molar-refractivity contribution in [2.24, 2.45) is 47.3 Å². The molecule has 0 aromatic carbocycles. The zero-order valence-corrected chi connectivity index (χ0v) is 10.5. The Kier molecular flexibility index (Phi) is 1.90. The number of hydrogen-bond donors (Lipinski definition) is 0. The highest BCUT2D eigenvalue weighted by Crippen LogP contribution is 2.58. The molecule has 0 N–H and O–H groups in total. The summed E-state index contributed by atoms with van der Waals surface area (Å²) in [6.07, 6.45) is 0. The predicted octanol–water partition coefficient (Wildman–Crippen LogP) is 4.06. The maximum atomic E-state index is 8.92. The monoisotopic (exact) mass is 198 g/mol. The van der Waals surface area contributed by atoms with Gasteiger partial charge in [-0.15, -0.1) is 0 Å². The van der Waals surface area contributed by atoms with Gasteiger partial charge in [0.2, 0.25) is 0 Å².